The second kappa shape index (κ2) is 3.19. The number of nitriles is 1. The Kier molecular flexibility index (Phi) is 2.03. The fourth-order valence-electron chi connectivity index (χ4n) is 4.75. The third-order valence-corrected chi connectivity index (χ3v) is 6.60. The highest BCUT2D eigenvalue weighted by Gasteiger charge is 2.82. The maximum absolute atomic E-state index is 12.4. The highest BCUT2D eigenvalue weighted by Crippen LogP contribution is 2.68. The van der Waals surface area contributed by atoms with Crippen LogP contribution in [-0.4, -0.2) is 45.3 Å². The topological polar surface area (TPSA) is 62.6 Å². The van der Waals surface area contributed by atoms with Crippen LogP contribution in [0.5, 0.6) is 0 Å². The second-order valence-corrected chi connectivity index (χ2v) is 7.47. The number of carbonyl (C=O) groups is 1. The molecule has 18 heavy (non-hydrogen) atoms. The zero-order valence-electron chi connectivity index (χ0n) is 9.93. The minimum Gasteiger partial charge on any atom is -0.468 e. The number of carbonyl (C=O) groups excluding carboxylic acids is 1. The molecule has 0 aromatic carbocycles. The van der Waals surface area contributed by atoms with Gasteiger partial charge in [-0.25, -0.2) is 4.79 Å². The Morgan fingerprint density at radius 2 is 2.39 bits per heavy atom. The molecule has 96 valence electrons. The Hall–Kier alpha value is -0.390. The minimum atomic E-state index is -0.681. The summed E-state index contributed by atoms with van der Waals surface area (Å²) in [5, 5.41) is 9.34. The van der Waals surface area contributed by atoms with Crippen LogP contribution in [0.2, 0.25) is 0 Å². The maximum atomic E-state index is 12.4. The molecule has 0 aromatic heterocycles. The Morgan fingerprint density at radius 1 is 1.61 bits per heavy atom. The smallest absolute Gasteiger partial charge is 0.329 e. The van der Waals surface area contributed by atoms with Crippen molar-refractivity contribution in [1.29, 1.82) is 5.26 Å². The first-order valence-electron chi connectivity index (χ1n) is 6.21. The van der Waals surface area contributed by atoms with Crippen molar-refractivity contribution in [3.8, 4) is 6.07 Å². The van der Waals surface area contributed by atoms with E-state index in [1.54, 1.807) is 0 Å². The molecule has 0 amide bonds. The highest BCUT2D eigenvalue weighted by molar-refractivity contribution is 14.1. The molecule has 0 N–H and O–H groups in total. The predicted molar refractivity (Wildman–Crippen MR) is 68.7 cm³/mol. The van der Waals surface area contributed by atoms with Gasteiger partial charge in [0.2, 0.25) is 0 Å². The second-order valence-electron chi connectivity index (χ2n) is 5.64. The highest BCUT2D eigenvalue weighted by atomic mass is 127. The summed E-state index contributed by atoms with van der Waals surface area (Å²) in [6.45, 7) is 0. The molecule has 5 fully saturated rings. The molecule has 5 rings (SSSR count). The number of nitrogens with zero attached hydrogens (tertiary/aromatic N) is 2. The molecule has 7 unspecified atom stereocenters. The number of rotatable bonds is 1. The molecule has 0 saturated carbocycles. The van der Waals surface area contributed by atoms with Gasteiger partial charge in [0.25, 0.3) is 0 Å². The van der Waals surface area contributed by atoms with Crippen molar-refractivity contribution in [2.75, 3.05) is 7.11 Å². The van der Waals surface area contributed by atoms with Crippen LogP contribution in [0, 0.1) is 17.2 Å². The predicted octanol–water partition coefficient (Wildman–Crippen LogP) is 0.818. The molecule has 5 aliphatic heterocycles. The van der Waals surface area contributed by atoms with Crippen LogP contribution in [0.25, 0.3) is 0 Å². The van der Waals surface area contributed by atoms with Gasteiger partial charge in [-0.2, -0.15) is 5.26 Å². The average Bonchev–Trinajstić information content (AvgIpc) is 2.85. The molecule has 0 spiro atoms. The van der Waals surface area contributed by atoms with E-state index in [9.17, 15) is 10.1 Å². The summed E-state index contributed by atoms with van der Waals surface area (Å²) in [5.41, 5.74) is -0.681. The molecule has 5 heterocycles. The van der Waals surface area contributed by atoms with Crippen molar-refractivity contribution in [1.82, 2.24) is 4.90 Å². The van der Waals surface area contributed by atoms with Gasteiger partial charge in [-0.05, 0) is 35.4 Å². The summed E-state index contributed by atoms with van der Waals surface area (Å²) in [6, 6.07) is 2.49. The quantitative estimate of drug-likeness (QED) is 0.394. The summed E-state index contributed by atoms with van der Waals surface area (Å²) in [7, 11) is 1.43. The average molecular weight is 360 g/mol. The fraction of sp³-hybridized carbons (Fsp3) is 0.833. The zero-order chi connectivity index (χ0) is 12.7. The lowest BCUT2D eigenvalue weighted by Crippen LogP contribution is -2.60. The number of ether oxygens (including phenoxy) is 2. The summed E-state index contributed by atoms with van der Waals surface area (Å²) < 4.78 is 10.9. The summed E-state index contributed by atoms with van der Waals surface area (Å²) >= 11 is 2.35. The SMILES string of the molecule is COC(=O)C12C3CC4CC(I)(O3)C1CC(C#N)N42. The largest absolute Gasteiger partial charge is 0.468 e. The van der Waals surface area contributed by atoms with E-state index in [0.717, 1.165) is 19.3 Å². The van der Waals surface area contributed by atoms with E-state index in [1.165, 1.54) is 7.11 Å². The molecule has 0 radical (unpaired) electrons. The Labute approximate surface area is 119 Å². The number of hydrogen-bond donors (Lipinski definition) is 0. The minimum absolute atomic E-state index is 0.0893. The fourth-order valence-corrected chi connectivity index (χ4v) is 6.30. The monoisotopic (exact) mass is 360 g/mol. The van der Waals surface area contributed by atoms with Crippen LogP contribution in [0.4, 0.5) is 0 Å². The first kappa shape index (κ1) is 11.4. The van der Waals surface area contributed by atoms with Crippen LogP contribution >= 0.6 is 22.6 Å². The Morgan fingerprint density at radius 3 is 3.06 bits per heavy atom. The van der Waals surface area contributed by atoms with E-state index in [1.807, 2.05) is 0 Å². The molecule has 6 bridgehead atoms. The first-order chi connectivity index (χ1) is 8.57. The van der Waals surface area contributed by atoms with E-state index >= 15 is 0 Å². The molecule has 0 aliphatic carbocycles. The van der Waals surface area contributed by atoms with Crippen molar-refractivity contribution in [3.05, 3.63) is 0 Å². The van der Waals surface area contributed by atoms with Crippen molar-refractivity contribution >= 4 is 28.6 Å². The van der Waals surface area contributed by atoms with Gasteiger partial charge < -0.3 is 9.47 Å². The van der Waals surface area contributed by atoms with Crippen LogP contribution in [0.15, 0.2) is 0 Å². The van der Waals surface area contributed by atoms with Crippen molar-refractivity contribution in [3.63, 3.8) is 0 Å². The van der Waals surface area contributed by atoms with E-state index in [-0.39, 0.29) is 27.6 Å². The number of methoxy groups -OCH3 is 1. The van der Waals surface area contributed by atoms with Crippen LogP contribution in [0.1, 0.15) is 19.3 Å². The molecule has 7 atom stereocenters. The van der Waals surface area contributed by atoms with Gasteiger partial charge in [-0.15, -0.1) is 0 Å². The lowest BCUT2D eigenvalue weighted by molar-refractivity contribution is -0.156. The normalized spacial score (nSPS) is 58.8. The van der Waals surface area contributed by atoms with Crippen LogP contribution in [0.3, 0.4) is 0 Å². The van der Waals surface area contributed by atoms with Crippen molar-refractivity contribution < 1.29 is 14.3 Å². The summed E-state index contributed by atoms with van der Waals surface area (Å²) in [5.74, 6) is -0.123. The molecule has 0 aromatic rings. The third kappa shape index (κ3) is 0.938. The molecule has 6 heteroatoms. The van der Waals surface area contributed by atoms with Gasteiger partial charge in [0, 0.05) is 18.4 Å². The van der Waals surface area contributed by atoms with Crippen molar-refractivity contribution in [2.24, 2.45) is 5.92 Å². The molecular weight excluding hydrogens is 347 g/mol. The van der Waals surface area contributed by atoms with Crippen LogP contribution in [-0.2, 0) is 14.3 Å². The van der Waals surface area contributed by atoms with E-state index in [4.69, 9.17) is 9.47 Å². The number of halogens is 1. The van der Waals surface area contributed by atoms with Crippen molar-refractivity contribution in [2.45, 2.75) is 46.6 Å². The first-order valence-corrected chi connectivity index (χ1v) is 7.29. The lowest BCUT2D eigenvalue weighted by atomic mass is 9.80. The van der Waals surface area contributed by atoms with Gasteiger partial charge in [-0.1, -0.05) is 0 Å². The van der Waals surface area contributed by atoms with Gasteiger partial charge in [-0.3, -0.25) is 4.90 Å². The van der Waals surface area contributed by atoms with E-state index in [0.29, 0.717) is 6.04 Å². The van der Waals surface area contributed by atoms with E-state index < -0.39 is 5.54 Å². The van der Waals surface area contributed by atoms with Gasteiger partial charge in [0.1, 0.15) is 3.61 Å². The van der Waals surface area contributed by atoms with E-state index in [2.05, 4.69) is 33.6 Å². The number of esters is 1. The lowest BCUT2D eigenvalue weighted by Gasteiger charge is -2.42. The molecule has 5 aliphatic rings. The van der Waals surface area contributed by atoms with Gasteiger partial charge >= 0.3 is 5.97 Å². The van der Waals surface area contributed by atoms with Crippen LogP contribution < -0.4 is 0 Å². The Balaban J connectivity index is 1.92. The third-order valence-electron chi connectivity index (χ3n) is 5.16. The zero-order valence-corrected chi connectivity index (χ0v) is 12.1. The summed E-state index contributed by atoms with van der Waals surface area (Å²) in [6.07, 6.45) is 2.41. The van der Waals surface area contributed by atoms with Gasteiger partial charge in [0.15, 0.2) is 5.54 Å². The maximum Gasteiger partial charge on any atom is 0.329 e. The summed E-state index contributed by atoms with van der Waals surface area (Å²) in [4.78, 5) is 14.5. The standard InChI is InChI=1S/C12H13IN2O3/c1-17-10(16)12-8-2-7(5-14)15(12)6-3-9(12)18-11(8,13)4-6/h6-9H,2-4H2,1H3. The van der Waals surface area contributed by atoms with Gasteiger partial charge in [0.05, 0.1) is 25.3 Å². The molecule has 5 saturated heterocycles. The molecule has 5 nitrogen and oxygen atoms in total. The number of hydrogen-bond acceptors (Lipinski definition) is 5. The Bertz CT molecular complexity index is 492. The number of piperidine rings is 1. The number of alkyl halides is 1. The molecular formula is C12H13IN2O3.